The highest BCUT2D eigenvalue weighted by molar-refractivity contribution is 5.80. The Hall–Kier alpha value is -4.72. The topological polar surface area (TPSA) is 68.0 Å². The van der Waals surface area contributed by atoms with Crippen LogP contribution in [0.5, 0.6) is 11.5 Å². The molecular weight excluding hydrogens is 440 g/mol. The Balaban J connectivity index is 1.22. The maximum atomic E-state index is 11.3. The lowest BCUT2D eigenvalue weighted by Gasteiger charge is -2.12. The molecule has 8 nitrogen and oxygen atoms in total. The molecule has 0 atom stereocenters. The fourth-order valence-electron chi connectivity index (χ4n) is 5.44. The summed E-state index contributed by atoms with van der Waals surface area (Å²) in [4.78, 5) is 3.95. The Morgan fingerprint density at radius 3 is 1.23 bits per heavy atom. The van der Waals surface area contributed by atoms with Crippen LogP contribution in [0.4, 0.5) is 0 Å². The fourth-order valence-corrected chi connectivity index (χ4v) is 5.44. The van der Waals surface area contributed by atoms with Gasteiger partial charge in [0.05, 0.1) is 0 Å². The summed E-state index contributed by atoms with van der Waals surface area (Å²) in [6.45, 7) is 4.06. The monoisotopic (exact) mass is 462 g/mol. The molecule has 4 heterocycles. The van der Waals surface area contributed by atoms with Crippen molar-refractivity contribution < 1.29 is 10.2 Å². The Morgan fingerprint density at radius 1 is 0.543 bits per heavy atom. The molecule has 0 spiro atoms. The number of benzene rings is 4. The van der Waals surface area contributed by atoms with Gasteiger partial charge in [-0.15, -0.1) is 28.1 Å². The van der Waals surface area contributed by atoms with Crippen LogP contribution in [-0.4, -0.2) is 38.3 Å². The van der Waals surface area contributed by atoms with Gasteiger partial charge in [-0.25, -0.2) is 0 Å². The number of phenols is 2. The molecule has 8 aromatic rings. The molecule has 0 unspecified atom stereocenters. The summed E-state index contributed by atoms with van der Waals surface area (Å²) in [5.41, 5.74) is 9.62. The third kappa shape index (κ3) is 2.30. The van der Waals surface area contributed by atoms with E-state index in [1.807, 2.05) is 90.5 Å². The second kappa shape index (κ2) is 6.04. The van der Waals surface area contributed by atoms with Crippen LogP contribution in [0.3, 0.4) is 0 Å². The normalized spacial score (nSPS) is 12.6. The molecule has 0 saturated heterocycles. The van der Waals surface area contributed by atoms with E-state index < -0.39 is 0 Å². The van der Waals surface area contributed by atoms with E-state index in [1.165, 1.54) is 0 Å². The number of nitrogens with zero attached hydrogens (tertiary/aromatic N) is 6. The third-order valence-corrected chi connectivity index (χ3v) is 7.08. The van der Waals surface area contributed by atoms with Crippen molar-refractivity contribution in [2.24, 2.45) is 0 Å². The van der Waals surface area contributed by atoms with Crippen molar-refractivity contribution >= 4 is 22.1 Å². The van der Waals surface area contributed by atoms with Crippen molar-refractivity contribution in [3.05, 3.63) is 95.1 Å². The fraction of sp³-hybridized carbons (Fsp3) is 0.111. The van der Waals surface area contributed by atoms with E-state index in [1.54, 1.807) is 0 Å². The first-order chi connectivity index (χ1) is 17.0. The van der Waals surface area contributed by atoms with Gasteiger partial charge < -0.3 is 10.2 Å². The zero-order valence-electron chi connectivity index (χ0n) is 19.2. The van der Waals surface area contributed by atoms with Crippen molar-refractivity contribution in [3.8, 4) is 22.9 Å². The minimum absolute atomic E-state index is 0.227. The van der Waals surface area contributed by atoms with Gasteiger partial charge in [0, 0.05) is 17.5 Å². The zero-order valence-corrected chi connectivity index (χ0v) is 19.2. The van der Waals surface area contributed by atoms with Crippen molar-refractivity contribution in [1.29, 1.82) is 0 Å². The van der Waals surface area contributed by atoms with Gasteiger partial charge in [0.15, 0.2) is 0 Å². The van der Waals surface area contributed by atoms with Crippen LogP contribution in [0.2, 0.25) is 0 Å². The van der Waals surface area contributed by atoms with Gasteiger partial charge in [0.1, 0.15) is 44.9 Å². The molecule has 4 aromatic carbocycles. The van der Waals surface area contributed by atoms with Gasteiger partial charge in [-0.2, -0.15) is 0 Å². The lowest BCUT2D eigenvalue weighted by atomic mass is 9.98. The van der Waals surface area contributed by atoms with Crippen molar-refractivity contribution in [2.75, 3.05) is 0 Å². The summed E-state index contributed by atoms with van der Waals surface area (Å²) < 4.78 is 8.14. The van der Waals surface area contributed by atoms with Gasteiger partial charge in [-0.05, 0) is 61.4 Å². The first-order valence-electron chi connectivity index (χ1n) is 11.7. The zero-order chi connectivity index (χ0) is 23.6. The number of fused-ring (bicyclic) bond motifs is 8. The average molecular weight is 463 g/mol. The Labute approximate surface area is 198 Å². The van der Waals surface area contributed by atoms with Crippen LogP contribution in [0, 0.1) is 13.8 Å². The highest BCUT2D eigenvalue weighted by Crippen LogP contribution is 2.38. The number of aromatic hydroxyl groups is 2. The molecule has 0 amide bonds. The number of rotatable bonds is 4. The van der Waals surface area contributed by atoms with Crippen LogP contribution >= 0.6 is 0 Å². The molecule has 0 bridgehead atoms. The molecule has 0 fully saturated rings. The Morgan fingerprint density at radius 2 is 0.886 bits per heavy atom. The van der Waals surface area contributed by atoms with E-state index in [9.17, 15) is 10.2 Å². The molecular formula is C27H22N6O2. The number of aryl methyl sites for hydroxylation is 2. The number of para-hydroxylation sites is 4. The predicted molar refractivity (Wildman–Crippen MR) is 133 cm³/mol. The summed E-state index contributed by atoms with van der Waals surface area (Å²) in [7, 11) is 0. The van der Waals surface area contributed by atoms with E-state index in [4.69, 9.17) is 0 Å². The molecule has 4 aromatic heterocycles. The lowest BCUT2D eigenvalue weighted by molar-refractivity contribution is 0.459. The summed E-state index contributed by atoms with van der Waals surface area (Å²) >= 11 is 0. The summed E-state index contributed by atoms with van der Waals surface area (Å²) in [5.74, 6) is 0.454. The van der Waals surface area contributed by atoms with Gasteiger partial charge in [-0.1, -0.05) is 36.4 Å². The van der Waals surface area contributed by atoms with Crippen LogP contribution in [0.15, 0.2) is 72.8 Å². The molecule has 2 N–H and O–H groups in total. The molecule has 0 aliphatic heterocycles. The molecule has 0 saturated carbocycles. The maximum absolute atomic E-state index is 11.3. The van der Waals surface area contributed by atoms with Crippen molar-refractivity contribution in [2.45, 2.75) is 20.3 Å². The van der Waals surface area contributed by atoms with Crippen LogP contribution < -0.4 is 0 Å². The second-order valence-corrected chi connectivity index (χ2v) is 9.47. The van der Waals surface area contributed by atoms with Crippen LogP contribution in [0.25, 0.3) is 33.4 Å². The van der Waals surface area contributed by atoms with E-state index >= 15 is 0 Å². The SMILES string of the molecule is Cc1cc(Cc2cc(C)cc(-n3n4c5ccccc5n34)c2O)c(O)c(-n2n3c4ccccc4n23)c1. The largest absolute Gasteiger partial charge is 0.505 e. The first-order valence-corrected chi connectivity index (χ1v) is 11.7. The van der Waals surface area contributed by atoms with E-state index in [-0.39, 0.29) is 11.5 Å². The first kappa shape index (κ1) is 18.7. The van der Waals surface area contributed by atoms with Crippen LogP contribution in [0.1, 0.15) is 22.3 Å². The average Bonchev–Trinajstić information content (AvgIpc) is 3.70. The maximum Gasteiger partial charge on any atom is 0.146 e. The van der Waals surface area contributed by atoms with Crippen molar-refractivity contribution in [3.63, 3.8) is 0 Å². The minimum Gasteiger partial charge on any atom is -0.505 e. The molecule has 0 radical (unpaired) electrons. The molecule has 172 valence electrons. The molecule has 8 rings (SSSR count). The highest BCUT2D eigenvalue weighted by Gasteiger charge is 2.28. The predicted octanol–water partition coefficient (Wildman–Crippen LogP) is 4.77. The van der Waals surface area contributed by atoms with E-state index in [0.717, 1.165) is 55.7 Å². The molecule has 8 heteroatoms. The quantitative estimate of drug-likeness (QED) is 0.396. The number of hydrogen-bond acceptors (Lipinski definition) is 2. The number of aromatic nitrogens is 6. The Bertz CT molecular complexity index is 1800. The highest BCUT2D eigenvalue weighted by atomic mass is 16.3. The molecule has 35 heavy (non-hydrogen) atoms. The number of phenolic OH excluding ortho intramolecular Hbond substituents is 2. The van der Waals surface area contributed by atoms with E-state index in [2.05, 4.69) is 24.3 Å². The standard InChI is InChI=1S/C27H22N6O2/c1-16-11-18(26(34)24(13-16)32-28-20-7-3-4-8-21(20)29(28)32)15-19-12-17(2)14-25(27(19)35)33-30-22-9-5-6-10-23(22)31(30)33/h3-14,34-35H,15H2,1-2H3. The van der Waals surface area contributed by atoms with Gasteiger partial charge in [0.2, 0.25) is 0 Å². The lowest BCUT2D eigenvalue weighted by Crippen LogP contribution is -1.98. The van der Waals surface area contributed by atoms with Crippen molar-refractivity contribution in [1.82, 2.24) is 28.1 Å². The van der Waals surface area contributed by atoms with Gasteiger partial charge >= 0.3 is 0 Å². The second-order valence-electron chi connectivity index (χ2n) is 9.47. The minimum atomic E-state index is 0.227. The summed E-state index contributed by atoms with van der Waals surface area (Å²) in [5, 5.41) is 22.6. The smallest absolute Gasteiger partial charge is 0.146 e. The third-order valence-electron chi connectivity index (χ3n) is 7.08. The molecule has 0 aliphatic carbocycles. The van der Waals surface area contributed by atoms with E-state index in [0.29, 0.717) is 6.42 Å². The Kier molecular flexibility index (Phi) is 3.22. The van der Waals surface area contributed by atoms with Gasteiger partial charge in [-0.3, -0.25) is 0 Å². The summed E-state index contributed by atoms with van der Waals surface area (Å²) in [6.07, 6.45) is 0.419. The van der Waals surface area contributed by atoms with Crippen LogP contribution in [-0.2, 0) is 6.42 Å². The summed E-state index contributed by atoms with van der Waals surface area (Å²) in [6, 6.07) is 24.3. The molecule has 0 aliphatic rings. The number of hydrogen-bond donors (Lipinski definition) is 2. The van der Waals surface area contributed by atoms with Gasteiger partial charge in [0.25, 0.3) is 0 Å².